The maximum Gasteiger partial charge on any atom is 0.295 e. The van der Waals surface area contributed by atoms with E-state index in [4.69, 9.17) is 21.1 Å². The number of nitrogens with zero attached hydrogens (tertiary/aromatic N) is 2. The number of hydrogen-bond donors (Lipinski definition) is 1. The van der Waals surface area contributed by atoms with Crippen LogP contribution in [0.3, 0.4) is 0 Å². The van der Waals surface area contributed by atoms with Gasteiger partial charge in [-0.2, -0.15) is 0 Å². The zero-order valence-corrected chi connectivity index (χ0v) is 21.5. The van der Waals surface area contributed by atoms with Gasteiger partial charge in [-0.25, -0.2) is 0 Å². The largest absolute Gasteiger partial charge is 0.507 e. The van der Waals surface area contributed by atoms with E-state index < -0.39 is 17.7 Å². The Bertz CT molecular complexity index is 1080. The van der Waals surface area contributed by atoms with Crippen molar-refractivity contribution in [1.82, 2.24) is 9.80 Å². The second-order valence-corrected chi connectivity index (χ2v) is 8.66. The van der Waals surface area contributed by atoms with E-state index in [9.17, 15) is 14.7 Å². The van der Waals surface area contributed by atoms with Gasteiger partial charge in [-0.1, -0.05) is 31.5 Å². The third-order valence-corrected chi connectivity index (χ3v) is 6.48. The van der Waals surface area contributed by atoms with Crippen LogP contribution in [0.1, 0.15) is 44.4 Å². The number of Topliss-reactive ketones (excluding diaryl/α,β-unsaturated/α-hetero) is 1. The van der Waals surface area contributed by atoms with Crippen molar-refractivity contribution in [3.8, 4) is 11.5 Å². The average molecular weight is 501 g/mol. The molecule has 188 valence electrons. The normalized spacial score (nSPS) is 17.3. The van der Waals surface area contributed by atoms with Gasteiger partial charge in [0.15, 0.2) is 11.5 Å². The molecule has 7 nitrogen and oxygen atoms in total. The summed E-state index contributed by atoms with van der Waals surface area (Å²) < 4.78 is 11.1. The quantitative estimate of drug-likeness (QED) is 0.268. The minimum Gasteiger partial charge on any atom is -0.507 e. The number of rotatable bonds is 11. The summed E-state index contributed by atoms with van der Waals surface area (Å²) in [6.07, 6.45) is 0.695. The second-order valence-electron chi connectivity index (χ2n) is 8.22. The third kappa shape index (κ3) is 5.80. The number of carbonyl (C=O) groups excluding carboxylic acids is 2. The van der Waals surface area contributed by atoms with Gasteiger partial charge in [-0.3, -0.25) is 9.59 Å². The van der Waals surface area contributed by atoms with Crippen molar-refractivity contribution in [2.45, 2.75) is 33.2 Å². The number of ketones is 1. The summed E-state index contributed by atoms with van der Waals surface area (Å²) in [5, 5.41) is 11.7. The van der Waals surface area contributed by atoms with Gasteiger partial charge in [0.2, 0.25) is 0 Å². The Morgan fingerprint density at radius 1 is 1.06 bits per heavy atom. The van der Waals surface area contributed by atoms with Crippen molar-refractivity contribution in [2.75, 3.05) is 39.9 Å². The van der Waals surface area contributed by atoms with Crippen LogP contribution >= 0.6 is 11.6 Å². The Balaban J connectivity index is 2.08. The van der Waals surface area contributed by atoms with Crippen molar-refractivity contribution < 1.29 is 24.2 Å². The highest BCUT2D eigenvalue weighted by atomic mass is 35.5. The SMILES string of the molecule is CCOc1ccc(C2/C(=C(/O)c3ccc(Cl)cc3)C(=O)C(=O)N2CCCN(CC)CC)cc1OC. The summed E-state index contributed by atoms with van der Waals surface area (Å²) in [6, 6.07) is 11.1. The summed E-state index contributed by atoms with van der Waals surface area (Å²) in [6.45, 7) is 9.52. The number of aliphatic hydroxyl groups is 1. The molecular weight excluding hydrogens is 468 g/mol. The predicted molar refractivity (Wildman–Crippen MR) is 137 cm³/mol. The highest BCUT2D eigenvalue weighted by molar-refractivity contribution is 6.46. The van der Waals surface area contributed by atoms with Crippen LogP contribution in [0.5, 0.6) is 11.5 Å². The zero-order valence-electron chi connectivity index (χ0n) is 20.7. The Hall–Kier alpha value is -3.03. The van der Waals surface area contributed by atoms with Gasteiger partial charge in [0, 0.05) is 17.1 Å². The van der Waals surface area contributed by atoms with Gasteiger partial charge in [0.25, 0.3) is 11.7 Å². The molecule has 1 fully saturated rings. The van der Waals surface area contributed by atoms with Gasteiger partial charge >= 0.3 is 0 Å². The number of carbonyl (C=O) groups is 2. The fourth-order valence-electron chi connectivity index (χ4n) is 4.35. The molecule has 1 aliphatic rings. The van der Waals surface area contributed by atoms with Gasteiger partial charge < -0.3 is 24.4 Å². The second kappa shape index (κ2) is 12.1. The summed E-state index contributed by atoms with van der Waals surface area (Å²) in [5.41, 5.74) is 1.12. The van der Waals surface area contributed by atoms with E-state index in [0.717, 1.165) is 19.6 Å². The van der Waals surface area contributed by atoms with Crippen LogP contribution in [0.25, 0.3) is 5.76 Å². The molecule has 35 heavy (non-hydrogen) atoms. The molecule has 0 radical (unpaired) electrons. The van der Waals surface area contributed by atoms with E-state index in [2.05, 4.69) is 18.7 Å². The molecule has 1 atom stereocenters. The first kappa shape index (κ1) is 26.6. The molecule has 1 amide bonds. The van der Waals surface area contributed by atoms with Crippen LogP contribution in [0.2, 0.25) is 5.02 Å². The lowest BCUT2D eigenvalue weighted by Crippen LogP contribution is -2.33. The molecule has 2 aromatic carbocycles. The van der Waals surface area contributed by atoms with Crippen LogP contribution in [-0.2, 0) is 9.59 Å². The highest BCUT2D eigenvalue weighted by Gasteiger charge is 2.46. The fraction of sp³-hybridized carbons (Fsp3) is 0.407. The van der Waals surface area contributed by atoms with E-state index in [1.807, 2.05) is 6.92 Å². The molecule has 3 rings (SSSR count). The third-order valence-electron chi connectivity index (χ3n) is 6.23. The van der Waals surface area contributed by atoms with E-state index in [-0.39, 0.29) is 11.3 Å². The average Bonchev–Trinajstić information content (AvgIpc) is 3.12. The monoisotopic (exact) mass is 500 g/mol. The Kier molecular flexibility index (Phi) is 9.18. The lowest BCUT2D eigenvalue weighted by molar-refractivity contribution is -0.140. The maximum absolute atomic E-state index is 13.2. The van der Waals surface area contributed by atoms with E-state index in [1.165, 1.54) is 7.11 Å². The molecule has 1 heterocycles. The van der Waals surface area contributed by atoms with Crippen molar-refractivity contribution in [3.63, 3.8) is 0 Å². The topological polar surface area (TPSA) is 79.3 Å². The number of aliphatic hydroxyl groups excluding tert-OH is 1. The molecule has 0 aromatic heterocycles. The summed E-state index contributed by atoms with van der Waals surface area (Å²) >= 11 is 6.00. The van der Waals surface area contributed by atoms with Crippen molar-refractivity contribution in [3.05, 3.63) is 64.2 Å². The van der Waals surface area contributed by atoms with Crippen LogP contribution < -0.4 is 9.47 Å². The van der Waals surface area contributed by atoms with Crippen molar-refractivity contribution in [1.29, 1.82) is 0 Å². The van der Waals surface area contributed by atoms with Crippen LogP contribution in [0.15, 0.2) is 48.0 Å². The number of methoxy groups -OCH3 is 1. The van der Waals surface area contributed by atoms with Gasteiger partial charge in [-0.05, 0) is 74.9 Å². The first-order valence-electron chi connectivity index (χ1n) is 11.9. The molecule has 2 aromatic rings. The van der Waals surface area contributed by atoms with Gasteiger partial charge in [-0.15, -0.1) is 0 Å². The minimum absolute atomic E-state index is 0.0476. The number of amides is 1. The molecule has 8 heteroatoms. The van der Waals surface area contributed by atoms with Gasteiger partial charge in [0.05, 0.1) is 25.3 Å². The predicted octanol–water partition coefficient (Wildman–Crippen LogP) is 4.90. The molecule has 1 N–H and O–H groups in total. The van der Waals surface area contributed by atoms with Crippen molar-refractivity contribution in [2.24, 2.45) is 0 Å². The molecular formula is C27H33ClN2O5. The number of hydrogen-bond acceptors (Lipinski definition) is 6. The number of ether oxygens (including phenoxy) is 2. The summed E-state index contributed by atoms with van der Waals surface area (Å²) in [4.78, 5) is 30.2. The standard InChI is InChI=1S/C27H33ClN2O5/c1-5-29(6-2)15-8-16-30-24(19-11-14-21(35-7-3)22(17-19)34-4)23(26(32)27(30)33)25(31)18-9-12-20(28)13-10-18/h9-14,17,24,31H,5-8,15-16H2,1-4H3/b25-23-. The zero-order chi connectivity index (χ0) is 25.5. The number of benzene rings is 2. The Labute approximate surface area is 211 Å². The molecule has 0 aliphatic carbocycles. The lowest BCUT2D eigenvalue weighted by Gasteiger charge is -2.27. The van der Waals surface area contributed by atoms with Crippen LogP contribution in [-0.4, -0.2) is 66.5 Å². The number of likely N-dealkylation sites (tertiary alicyclic amines) is 1. The smallest absolute Gasteiger partial charge is 0.295 e. The highest BCUT2D eigenvalue weighted by Crippen LogP contribution is 2.42. The van der Waals surface area contributed by atoms with Crippen LogP contribution in [0, 0.1) is 0 Å². The Morgan fingerprint density at radius 2 is 1.74 bits per heavy atom. The van der Waals surface area contributed by atoms with Gasteiger partial charge in [0.1, 0.15) is 5.76 Å². The van der Waals surface area contributed by atoms with E-state index in [1.54, 1.807) is 47.4 Å². The molecule has 1 unspecified atom stereocenters. The van der Waals surface area contributed by atoms with E-state index in [0.29, 0.717) is 47.2 Å². The Morgan fingerprint density at radius 3 is 2.34 bits per heavy atom. The van der Waals surface area contributed by atoms with Crippen molar-refractivity contribution >= 4 is 29.1 Å². The van der Waals surface area contributed by atoms with E-state index >= 15 is 0 Å². The molecule has 1 aliphatic heterocycles. The molecule has 0 saturated carbocycles. The first-order chi connectivity index (χ1) is 16.9. The summed E-state index contributed by atoms with van der Waals surface area (Å²) in [5.74, 6) is -0.514. The first-order valence-corrected chi connectivity index (χ1v) is 12.3. The maximum atomic E-state index is 13.2. The minimum atomic E-state index is -0.757. The summed E-state index contributed by atoms with van der Waals surface area (Å²) in [7, 11) is 1.54. The molecule has 0 spiro atoms. The lowest BCUT2D eigenvalue weighted by atomic mass is 9.95. The molecule has 1 saturated heterocycles. The van der Waals surface area contributed by atoms with Crippen LogP contribution in [0.4, 0.5) is 0 Å². The molecule has 0 bridgehead atoms. The number of halogens is 1. The fourth-order valence-corrected chi connectivity index (χ4v) is 4.48.